The summed E-state index contributed by atoms with van der Waals surface area (Å²) in [6.07, 6.45) is 2.77. The summed E-state index contributed by atoms with van der Waals surface area (Å²) >= 11 is 1.66. The maximum absolute atomic E-state index is 12.5. The molecule has 0 fully saturated rings. The van der Waals surface area contributed by atoms with Gasteiger partial charge in [0.05, 0.1) is 22.8 Å². The molecule has 0 bridgehead atoms. The number of ether oxygens (including phenoxy) is 1. The molecule has 1 unspecified atom stereocenters. The van der Waals surface area contributed by atoms with Crippen LogP contribution in [0.1, 0.15) is 27.7 Å². The van der Waals surface area contributed by atoms with Crippen molar-refractivity contribution >= 4 is 28.5 Å². The van der Waals surface area contributed by atoms with E-state index in [1.807, 2.05) is 55.0 Å². The van der Waals surface area contributed by atoms with Gasteiger partial charge in [0.2, 0.25) is 0 Å². The summed E-state index contributed by atoms with van der Waals surface area (Å²) in [4.78, 5) is 22.5. The summed E-state index contributed by atoms with van der Waals surface area (Å²) in [5.74, 6) is 0.629. The van der Waals surface area contributed by atoms with Gasteiger partial charge >= 0.3 is 0 Å². The molecule has 130 valence electrons. The predicted molar refractivity (Wildman–Crippen MR) is 104 cm³/mol. The Morgan fingerprint density at radius 1 is 1.12 bits per heavy atom. The molecular weight excluding hydrogens is 344 g/mol. The van der Waals surface area contributed by atoms with Gasteiger partial charge in [-0.1, -0.05) is 24.3 Å². The molecule has 1 aliphatic heterocycles. The Labute approximate surface area is 156 Å². The quantitative estimate of drug-likeness (QED) is 0.660. The minimum Gasteiger partial charge on any atom is -0.488 e. The number of nitrogens with zero attached hydrogens (tertiary/aromatic N) is 2. The molecular formula is C21H18N2O2S. The first-order chi connectivity index (χ1) is 12.7. The fraction of sp³-hybridized carbons (Fsp3) is 0.190. The van der Waals surface area contributed by atoms with Crippen LogP contribution in [-0.2, 0) is 6.42 Å². The number of thiazole rings is 1. The molecule has 2 heterocycles. The molecule has 1 aliphatic rings. The zero-order valence-corrected chi connectivity index (χ0v) is 15.2. The second kappa shape index (κ2) is 7.22. The first kappa shape index (κ1) is 16.7. The van der Waals surface area contributed by atoms with Crippen LogP contribution >= 0.6 is 11.3 Å². The summed E-state index contributed by atoms with van der Waals surface area (Å²) in [7, 11) is 0. The number of fused-ring (bicyclic) bond motifs is 1. The molecule has 4 rings (SSSR count). The van der Waals surface area contributed by atoms with Gasteiger partial charge in [0, 0.05) is 23.1 Å². The molecule has 5 heteroatoms. The van der Waals surface area contributed by atoms with Gasteiger partial charge in [0.15, 0.2) is 5.78 Å². The van der Waals surface area contributed by atoms with Crippen LogP contribution in [0.15, 0.2) is 65.2 Å². The highest BCUT2D eigenvalue weighted by atomic mass is 32.1. The summed E-state index contributed by atoms with van der Waals surface area (Å²) in [5, 5.41) is 0. The van der Waals surface area contributed by atoms with Crippen LogP contribution in [0.4, 0.5) is 5.69 Å². The molecule has 1 aromatic heterocycles. The van der Waals surface area contributed by atoms with Crippen LogP contribution in [0.25, 0.3) is 0 Å². The van der Waals surface area contributed by atoms with Crippen molar-refractivity contribution in [2.24, 2.45) is 10.9 Å². The molecule has 0 radical (unpaired) electrons. The van der Waals surface area contributed by atoms with Crippen LogP contribution < -0.4 is 4.74 Å². The first-order valence-corrected chi connectivity index (χ1v) is 9.38. The predicted octanol–water partition coefficient (Wildman–Crippen LogP) is 4.72. The lowest BCUT2D eigenvalue weighted by Gasteiger charge is -2.20. The second-order valence-corrected chi connectivity index (χ2v) is 7.25. The van der Waals surface area contributed by atoms with E-state index in [1.165, 1.54) is 10.4 Å². The molecule has 26 heavy (non-hydrogen) atoms. The normalized spacial score (nSPS) is 16.1. The number of carbonyl (C=O) groups excluding carboxylic acids is 1. The third-order valence-electron chi connectivity index (χ3n) is 4.50. The van der Waals surface area contributed by atoms with Gasteiger partial charge in [-0.2, -0.15) is 0 Å². The number of hydrogen-bond donors (Lipinski definition) is 0. The number of rotatable bonds is 5. The molecule has 4 nitrogen and oxygen atoms in total. The largest absolute Gasteiger partial charge is 0.488 e. The van der Waals surface area contributed by atoms with Crippen molar-refractivity contribution in [3.05, 3.63) is 76.2 Å². The SMILES string of the molecule is CC1C(=O)c2ccccc2N=C1COc1ccc(Cc2cncs2)cc1. The molecule has 1 atom stereocenters. The standard InChI is InChI=1S/C21H18N2O2S/c1-14-20(23-19-5-3-2-4-18(19)21(14)24)12-25-16-8-6-15(7-9-16)10-17-11-22-13-26-17/h2-9,11,13-14H,10,12H2,1H3. The number of aliphatic imine (C=N–C) groups is 1. The number of aromatic nitrogens is 1. The Bertz CT molecular complexity index is 946. The van der Waals surface area contributed by atoms with Crippen LogP contribution in [0.5, 0.6) is 5.75 Å². The second-order valence-electron chi connectivity index (χ2n) is 6.28. The Balaban J connectivity index is 1.44. The van der Waals surface area contributed by atoms with E-state index in [-0.39, 0.29) is 11.7 Å². The van der Waals surface area contributed by atoms with Crippen LogP contribution in [0.2, 0.25) is 0 Å². The van der Waals surface area contributed by atoms with Crippen molar-refractivity contribution < 1.29 is 9.53 Å². The Hall–Kier alpha value is -2.79. The molecule has 0 aliphatic carbocycles. The molecule has 0 amide bonds. The summed E-state index contributed by atoms with van der Waals surface area (Å²) in [6.45, 7) is 2.20. The van der Waals surface area contributed by atoms with E-state index in [0.717, 1.165) is 23.6 Å². The molecule has 0 spiro atoms. The van der Waals surface area contributed by atoms with Crippen LogP contribution in [0, 0.1) is 5.92 Å². The van der Waals surface area contributed by atoms with Gasteiger partial charge in [-0.15, -0.1) is 11.3 Å². The molecule has 0 saturated heterocycles. The smallest absolute Gasteiger partial charge is 0.173 e. The fourth-order valence-electron chi connectivity index (χ4n) is 2.96. The summed E-state index contributed by atoms with van der Waals surface area (Å²) in [6, 6.07) is 15.5. The third-order valence-corrected chi connectivity index (χ3v) is 5.28. The van der Waals surface area contributed by atoms with Crippen molar-refractivity contribution in [2.45, 2.75) is 13.3 Å². The van der Waals surface area contributed by atoms with Crippen molar-refractivity contribution in [3.63, 3.8) is 0 Å². The van der Waals surface area contributed by atoms with E-state index < -0.39 is 0 Å². The van der Waals surface area contributed by atoms with Gasteiger partial charge in [0.25, 0.3) is 0 Å². The van der Waals surface area contributed by atoms with Crippen LogP contribution in [0.3, 0.4) is 0 Å². The number of carbonyl (C=O) groups is 1. The zero-order valence-electron chi connectivity index (χ0n) is 14.4. The molecule has 0 N–H and O–H groups in total. The van der Waals surface area contributed by atoms with Crippen molar-refractivity contribution in [1.29, 1.82) is 0 Å². The molecule has 0 saturated carbocycles. The lowest BCUT2D eigenvalue weighted by molar-refractivity contribution is 0.0957. The average molecular weight is 362 g/mol. The zero-order chi connectivity index (χ0) is 17.9. The highest BCUT2D eigenvalue weighted by Crippen LogP contribution is 2.28. The van der Waals surface area contributed by atoms with Crippen molar-refractivity contribution in [3.8, 4) is 5.75 Å². The number of Topliss-reactive ketones (excluding diaryl/α,β-unsaturated/α-hetero) is 1. The minimum absolute atomic E-state index is 0.106. The van der Waals surface area contributed by atoms with E-state index in [9.17, 15) is 4.79 Å². The van der Waals surface area contributed by atoms with E-state index in [4.69, 9.17) is 4.74 Å². The van der Waals surface area contributed by atoms with Gasteiger partial charge in [-0.3, -0.25) is 14.8 Å². The molecule has 3 aromatic rings. The van der Waals surface area contributed by atoms with Gasteiger partial charge in [-0.25, -0.2) is 0 Å². The van der Waals surface area contributed by atoms with Gasteiger partial charge < -0.3 is 4.74 Å². The lowest BCUT2D eigenvalue weighted by Crippen LogP contribution is -2.29. The Kier molecular flexibility index (Phi) is 4.63. The number of hydrogen-bond acceptors (Lipinski definition) is 5. The van der Waals surface area contributed by atoms with Crippen molar-refractivity contribution in [1.82, 2.24) is 4.98 Å². The Morgan fingerprint density at radius 3 is 2.69 bits per heavy atom. The van der Waals surface area contributed by atoms with Gasteiger partial charge in [-0.05, 0) is 36.8 Å². The van der Waals surface area contributed by atoms with Gasteiger partial charge in [0.1, 0.15) is 12.4 Å². The fourth-order valence-corrected chi connectivity index (χ4v) is 3.59. The maximum atomic E-state index is 12.5. The van der Waals surface area contributed by atoms with E-state index >= 15 is 0 Å². The summed E-state index contributed by atoms with van der Waals surface area (Å²) < 4.78 is 5.88. The average Bonchev–Trinajstić information content (AvgIpc) is 3.18. The molecule has 2 aromatic carbocycles. The van der Waals surface area contributed by atoms with E-state index in [1.54, 1.807) is 11.3 Å². The van der Waals surface area contributed by atoms with Crippen LogP contribution in [-0.4, -0.2) is 23.1 Å². The lowest BCUT2D eigenvalue weighted by atomic mass is 9.91. The highest BCUT2D eigenvalue weighted by molar-refractivity contribution is 7.09. The topological polar surface area (TPSA) is 51.5 Å². The number of ketones is 1. The maximum Gasteiger partial charge on any atom is 0.173 e. The van der Waals surface area contributed by atoms with E-state index in [0.29, 0.717) is 12.2 Å². The number of para-hydroxylation sites is 1. The summed E-state index contributed by atoms with van der Waals surface area (Å²) in [5.41, 5.74) is 5.25. The van der Waals surface area contributed by atoms with Crippen molar-refractivity contribution in [2.75, 3.05) is 6.61 Å². The Morgan fingerprint density at radius 2 is 1.92 bits per heavy atom. The minimum atomic E-state index is -0.254. The first-order valence-electron chi connectivity index (χ1n) is 8.50. The van der Waals surface area contributed by atoms with E-state index in [2.05, 4.69) is 22.1 Å². The monoisotopic (exact) mass is 362 g/mol. The number of benzene rings is 2. The third kappa shape index (κ3) is 3.44. The highest BCUT2D eigenvalue weighted by Gasteiger charge is 2.27.